The molecule has 0 unspecified atom stereocenters. The first-order valence-corrected chi connectivity index (χ1v) is 19.8. The molecule has 0 N–H and O–H groups in total. The molecule has 0 fully saturated rings. The van der Waals surface area contributed by atoms with Crippen LogP contribution in [0.25, 0.3) is 55.3 Å². The molecule has 1 heterocycles. The summed E-state index contributed by atoms with van der Waals surface area (Å²) in [4.78, 5) is 2.47. The molecule has 8 aromatic rings. The highest BCUT2D eigenvalue weighted by Crippen LogP contribution is 2.54. The van der Waals surface area contributed by atoms with Gasteiger partial charge in [-0.3, -0.25) is 0 Å². The third-order valence-corrected chi connectivity index (χ3v) is 13.0. The number of anilines is 3. The lowest BCUT2D eigenvalue weighted by atomic mass is 9.63. The molecule has 0 atom stereocenters. The van der Waals surface area contributed by atoms with Crippen molar-refractivity contribution >= 4 is 39.0 Å². The average Bonchev–Trinajstić information content (AvgIpc) is 3.69. The molecule has 0 radical (unpaired) electrons. The summed E-state index contributed by atoms with van der Waals surface area (Å²) in [5.41, 5.74) is 18.5. The maximum atomic E-state index is 6.46. The van der Waals surface area contributed by atoms with Gasteiger partial charge in [0.2, 0.25) is 0 Å². The van der Waals surface area contributed by atoms with E-state index in [1.54, 1.807) is 0 Å². The van der Waals surface area contributed by atoms with Gasteiger partial charge in [-0.2, -0.15) is 0 Å². The molecular weight excluding hydrogens is 667 g/mol. The van der Waals surface area contributed by atoms with Crippen molar-refractivity contribution in [2.24, 2.45) is 0 Å². The van der Waals surface area contributed by atoms with Crippen LogP contribution >= 0.6 is 0 Å². The van der Waals surface area contributed by atoms with Gasteiger partial charge in [0, 0.05) is 38.7 Å². The predicted molar refractivity (Wildman–Crippen MR) is 232 cm³/mol. The molecule has 2 nitrogen and oxygen atoms in total. The van der Waals surface area contributed by atoms with Gasteiger partial charge < -0.3 is 9.32 Å². The summed E-state index contributed by atoms with van der Waals surface area (Å²) < 4.78 is 6.46. The Morgan fingerprint density at radius 2 is 1.07 bits per heavy atom. The summed E-state index contributed by atoms with van der Waals surface area (Å²) in [5, 5.41) is 2.29. The van der Waals surface area contributed by atoms with Crippen LogP contribution in [0.5, 0.6) is 0 Å². The van der Waals surface area contributed by atoms with Crippen LogP contribution in [-0.4, -0.2) is 0 Å². The molecule has 2 aliphatic rings. The van der Waals surface area contributed by atoms with Gasteiger partial charge in [0.15, 0.2) is 0 Å². The minimum absolute atomic E-state index is 0.101. The van der Waals surface area contributed by atoms with Crippen LogP contribution in [0.3, 0.4) is 0 Å². The summed E-state index contributed by atoms with van der Waals surface area (Å²) in [6.45, 7) is 14.4. The fraction of sp³-hybridized carbons (Fsp3) is 0.208. The highest BCUT2D eigenvalue weighted by molar-refractivity contribution is 6.09. The van der Waals surface area contributed by atoms with E-state index in [0.29, 0.717) is 0 Å². The maximum absolute atomic E-state index is 6.46. The molecule has 0 saturated carbocycles. The molecule has 0 aliphatic heterocycles. The van der Waals surface area contributed by atoms with E-state index < -0.39 is 0 Å². The van der Waals surface area contributed by atoms with E-state index in [1.165, 1.54) is 63.0 Å². The lowest BCUT2D eigenvalue weighted by Gasteiger charge is -2.42. The highest BCUT2D eigenvalue weighted by atomic mass is 16.3. The first kappa shape index (κ1) is 33.7. The van der Waals surface area contributed by atoms with Crippen LogP contribution in [0.4, 0.5) is 17.1 Å². The molecular formula is C53H47NO. The Labute approximate surface area is 325 Å². The molecule has 7 aromatic carbocycles. The fourth-order valence-electron chi connectivity index (χ4n) is 9.68. The molecule has 0 saturated heterocycles. The monoisotopic (exact) mass is 713 g/mol. The molecule has 55 heavy (non-hydrogen) atoms. The number of fused-ring (bicyclic) bond motifs is 7. The van der Waals surface area contributed by atoms with Gasteiger partial charge in [0.05, 0.1) is 5.69 Å². The Morgan fingerprint density at radius 3 is 1.87 bits per heavy atom. The molecule has 2 heteroatoms. The molecule has 0 spiro atoms. The largest absolute Gasteiger partial charge is 0.455 e. The smallest absolute Gasteiger partial charge is 0.143 e. The number of benzene rings is 7. The predicted octanol–water partition coefficient (Wildman–Crippen LogP) is 15.0. The molecule has 0 amide bonds. The van der Waals surface area contributed by atoms with Crippen molar-refractivity contribution in [3.8, 4) is 33.4 Å². The van der Waals surface area contributed by atoms with Crippen molar-refractivity contribution in [1.29, 1.82) is 0 Å². The van der Waals surface area contributed by atoms with Crippen molar-refractivity contribution in [3.05, 3.63) is 174 Å². The van der Waals surface area contributed by atoms with Crippen LogP contribution in [0.2, 0.25) is 0 Å². The van der Waals surface area contributed by atoms with Gasteiger partial charge in [-0.25, -0.2) is 0 Å². The van der Waals surface area contributed by atoms with E-state index in [4.69, 9.17) is 4.42 Å². The molecule has 1 aromatic heterocycles. The molecule has 0 bridgehead atoms. The first-order valence-electron chi connectivity index (χ1n) is 19.8. The fourth-order valence-corrected chi connectivity index (χ4v) is 9.68. The minimum atomic E-state index is -0.140. The van der Waals surface area contributed by atoms with Gasteiger partial charge in [0.1, 0.15) is 11.2 Å². The Bertz CT molecular complexity index is 2780. The molecule has 10 rings (SSSR count). The van der Waals surface area contributed by atoms with Crippen molar-refractivity contribution in [2.75, 3.05) is 4.90 Å². The number of rotatable bonds is 5. The normalized spacial score (nSPS) is 16.1. The minimum Gasteiger partial charge on any atom is -0.455 e. The first-order chi connectivity index (χ1) is 26.5. The topological polar surface area (TPSA) is 16.4 Å². The van der Waals surface area contributed by atoms with Gasteiger partial charge >= 0.3 is 0 Å². The van der Waals surface area contributed by atoms with Crippen molar-refractivity contribution in [3.63, 3.8) is 0 Å². The van der Waals surface area contributed by atoms with Gasteiger partial charge in [-0.1, -0.05) is 151 Å². The highest BCUT2D eigenvalue weighted by Gasteiger charge is 2.39. The quantitative estimate of drug-likeness (QED) is 0.177. The van der Waals surface area contributed by atoms with Gasteiger partial charge in [-0.05, 0) is 111 Å². The van der Waals surface area contributed by atoms with Crippen LogP contribution in [0.1, 0.15) is 76.6 Å². The Kier molecular flexibility index (Phi) is 7.39. The molecule has 270 valence electrons. The summed E-state index contributed by atoms with van der Waals surface area (Å²) in [6.07, 6.45) is 2.38. The van der Waals surface area contributed by atoms with E-state index in [-0.39, 0.29) is 16.2 Å². The second-order valence-corrected chi connectivity index (χ2v) is 17.6. The van der Waals surface area contributed by atoms with E-state index in [1.807, 2.05) is 6.07 Å². The van der Waals surface area contributed by atoms with Crippen LogP contribution in [0.15, 0.2) is 156 Å². The van der Waals surface area contributed by atoms with E-state index in [0.717, 1.165) is 44.4 Å². The van der Waals surface area contributed by atoms with Crippen LogP contribution < -0.4 is 4.90 Å². The SMILES string of the molecule is CC1(C)CCC(C)(C)c2cc(-c3cc4c(cc3N(c3ccccc3)c3ccc(-c5cccc6c5oc5ccccc56)cc3)C(C)(C)c3ccccc3-4)ccc21. The van der Waals surface area contributed by atoms with E-state index in [2.05, 4.69) is 192 Å². The zero-order valence-corrected chi connectivity index (χ0v) is 32.7. The molecule has 2 aliphatic carbocycles. The van der Waals surface area contributed by atoms with E-state index >= 15 is 0 Å². The van der Waals surface area contributed by atoms with Crippen molar-refractivity contribution < 1.29 is 4.42 Å². The van der Waals surface area contributed by atoms with Crippen molar-refractivity contribution in [1.82, 2.24) is 0 Å². The zero-order chi connectivity index (χ0) is 37.7. The summed E-state index contributed by atoms with van der Waals surface area (Å²) >= 11 is 0. The Balaban J connectivity index is 1.19. The summed E-state index contributed by atoms with van der Waals surface area (Å²) in [5.74, 6) is 0. The maximum Gasteiger partial charge on any atom is 0.143 e. The average molecular weight is 714 g/mol. The van der Waals surface area contributed by atoms with Gasteiger partial charge in [-0.15, -0.1) is 0 Å². The lowest BCUT2D eigenvalue weighted by Crippen LogP contribution is -2.33. The number of nitrogens with zero attached hydrogens (tertiary/aromatic N) is 1. The standard InChI is InChI=1S/C53H47NO/c1-51(2)29-30-52(3,4)47-31-35(25-28-45(47)51)42-32-43-39-17-10-12-21-44(39)53(5,6)46(43)33-48(42)54(36-15-8-7-9-16-36)37-26-23-34(24-27-37)38-19-14-20-41-40-18-11-13-22-49(40)55-50(38)41/h7-28,31-33H,29-30H2,1-6H3. The lowest BCUT2D eigenvalue weighted by molar-refractivity contribution is 0.332. The number of para-hydroxylation sites is 3. The second-order valence-electron chi connectivity index (χ2n) is 17.6. The summed E-state index contributed by atoms with van der Waals surface area (Å²) in [7, 11) is 0. The van der Waals surface area contributed by atoms with E-state index in [9.17, 15) is 0 Å². The van der Waals surface area contributed by atoms with Crippen LogP contribution in [0, 0.1) is 0 Å². The van der Waals surface area contributed by atoms with Crippen molar-refractivity contribution in [2.45, 2.75) is 70.6 Å². The second kappa shape index (κ2) is 12.1. The number of hydrogen-bond donors (Lipinski definition) is 0. The Hall–Kier alpha value is -5.86. The van der Waals surface area contributed by atoms with Crippen LogP contribution in [-0.2, 0) is 16.2 Å². The number of hydrogen-bond acceptors (Lipinski definition) is 2. The zero-order valence-electron chi connectivity index (χ0n) is 32.7. The Morgan fingerprint density at radius 1 is 0.436 bits per heavy atom. The third-order valence-electron chi connectivity index (χ3n) is 13.0. The summed E-state index contributed by atoms with van der Waals surface area (Å²) in [6, 6.07) is 56.0. The van der Waals surface area contributed by atoms with Gasteiger partial charge in [0.25, 0.3) is 0 Å². The number of furan rings is 1. The third kappa shape index (κ3) is 5.22.